The summed E-state index contributed by atoms with van der Waals surface area (Å²) in [4.78, 5) is 8.97. The summed E-state index contributed by atoms with van der Waals surface area (Å²) in [5, 5.41) is 14.3. The average Bonchev–Trinajstić information content (AvgIpc) is 2.72. The summed E-state index contributed by atoms with van der Waals surface area (Å²) >= 11 is 0. The first-order chi connectivity index (χ1) is 13.7. The molecule has 3 aromatic heterocycles. The summed E-state index contributed by atoms with van der Waals surface area (Å²) in [6.07, 6.45) is 4.69. The largest absolute Gasteiger partial charge is 0.619 e. The minimum Gasteiger partial charge on any atom is -0.619 e. The molecule has 0 saturated carbocycles. The molecule has 0 aliphatic carbocycles. The van der Waals surface area contributed by atoms with Crippen LogP contribution in [0.2, 0.25) is 0 Å². The summed E-state index contributed by atoms with van der Waals surface area (Å²) < 4.78 is 15.2. The minimum absolute atomic E-state index is 0.332. The van der Waals surface area contributed by atoms with Gasteiger partial charge in [0, 0.05) is 34.0 Å². The lowest BCUT2D eigenvalue weighted by Crippen LogP contribution is -2.23. The van der Waals surface area contributed by atoms with Crippen molar-refractivity contribution in [1.82, 2.24) is 9.97 Å². The van der Waals surface area contributed by atoms with Crippen molar-refractivity contribution in [2.24, 2.45) is 0 Å². The molecular weight excluding hydrogens is 353 g/mol. The molecule has 0 bridgehead atoms. The van der Waals surface area contributed by atoms with Crippen LogP contribution in [0.3, 0.4) is 0 Å². The molecule has 0 radical (unpaired) electrons. The van der Waals surface area contributed by atoms with Crippen LogP contribution >= 0.6 is 0 Å². The Bertz CT molecular complexity index is 1350. The van der Waals surface area contributed by atoms with Gasteiger partial charge >= 0.3 is 0 Å². The molecule has 0 spiro atoms. The zero-order valence-corrected chi connectivity index (χ0v) is 14.7. The molecule has 2 aromatic carbocycles. The van der Waals surface area contributed by atoms with Crippen molar-refractivity contribution < 1.29 is 9.12 Å². The molecule has 0 amide bonds. The third-order valence-electron chi connectivity index (χ3n) is 4.82. The zero-order chi connectivity index (χ0) is 19.1. The van der Waals surface area contributed by atoms with E-state index in [1.807, 2.05) is 36.4 Å². The van der Waals surface area contributed by atoms with Gasteiger partial charge in [0.25, 0.3) is 0 Å². The SMILES string of the molecule is [O-][n+]1ccc2c(-c3cc(-c4ccccc4F)nc4ncccc34)cccc2c1. The number of fused-ring (bicyclic) bond motifs is 2. The lowest BCUT2D eigenvalue weighted by molar-refractivity contribution is -0.603. The molecule has 3 heterocycles. The van der Waals surface area contributed by atoms with E-state index in [-0.39, 0.29) is 5.82 Å². The molecule has 28 heavy (non-hydrogen) atoms. The van der Waals surface area contributed by atoms with Gasteiger partial charge in [-0.05, 0) is 47.5 Å². The van der Waals surface area contributed by atoms with Crippen LogP contribution in [0.4, 0.5) is 4.39 Å². The third kappa shape index (κ3) is 2.65. The van der Waals surface area contributed by atoms with E-state index in [4.69, 9.17) is 0 Å². The fourth-order valence-electron chi connectivity index (χ4n) is 3.53. The van der Waals surface area contributed by atoms with Gasteiger partial charge in [-0.2, -0.15) is 4.73 Å². The predicted octanol–water partition coefficient (Wildman–Crippen LogP) is 4.89. The molecule has 5 heteroatoms. The van der Waals surface area contributed by atoms with Crippen molar-refractivity contribution in [1.29, 1.82) is 0 Å². The Hall–Kier alpha value is -3.86. The number of pyridine rings is 3. The highest BCUT2D eigenvalue weighted by molar-refractivity contribution is 6.04. The van der Waals surface area contributed by atoms with Gasteiger partial charge in [0.15, 0.2) is 18.0 Å². The Kier molecular flexibility index (Phi) is 3.72. The number of benzene rings is 2. The Morgan fingerprint density at radius 1 is 0.821 bits per heavy atom. The Balaban J connectivity index is 1.86. The molecule has 0 aliphatic heterocycles. The maximum absolute atomic E-state index is 14.4. The summed E-state index contributed by atoms with van der Waals surface area (Å²) in [7, 11) is 0. The van der Waals surface area contributed by atoms with Crippen LogP contribution < -0.4 is 4.73 Å². The second kappa shape index (κ2) is 6.39. The van der Waals surface area contributed by atoms with E-state index in [1.54, 1.807) is 30.5 Å². The lowest BCUT2D eigenvalue weighted by Gasteiger charge is -2.12. The highest BCUT2D eigenvalue weighted by atomic mass is 19.1. The second-order valence-electron chi connectivity index (χ2n) is 6.52. The Labute approximate surface area is 160 Å². The van der Waals surface area contributed by atoms with E-state index >= 15 is 0 Å². The first-order valence-electron chi connectivity index (χ1n) is 8.83. The van der Waals surface area contributed by atoms with E-state index in [2.05, 4.69) is 9.97 Å². The highest BCUT2D eigenvalue weighted by Crippen LogP contribution is 2.35. The molecule has 0 saturated heterocycles. The quantitative estimate of drug-likeness (QED) is 0.330. The summed E-state index contributed by atoms with van der Waals surface area (Å²) in [6, 6.07) is 19.8. The number of hydrogen-bond donors (Lipinski definition) is 0. The molecule has 0 aliphatic rings. The Morgan fingerprint density at radius 2 is 1.68 bits per heavy atom. The van der Waals surface area contributed by atoms with Gasteiger partial charge in [-0.15, -0.1) is 0 Å². The molecule has 0 fully saturated rings. The zero-order valence-electron chi connectivity index (χ0n) is 14.7. The Morgan fingerprint density at radius 3 is 2.57 bits per heavy atom. The number of aromatic nitrogens is 3. The first-order valence-corrected chi connectivity index (χ1v) is 8.83. The average molecular weight is 367 g/mol. The van der Waals surface area contributed by atoms with E-state index < -0.39 is 0 Å². The molecule has 134 valence electrons. The van der Waals surface area contributed by atoms with Crippen molar-refractivity contribution in [3.05, 3.63) is 96.3 Å². The number of hydrogen-bond acceptors (Lipinski definition) is 3. The van der Waals surface area contributed by atoms with Gasteiger partial charge in [0.1, 0.15) is 5.82 Å². The smallest absolute Gasteiger partial charge is 0.188 e. The van der Waals surface area contributed by atoms with Crippen LogP contribution in [0.1, 0.15) is 0 Å². The van der Waals surface area contributed by atoms with Crippen LogP contribution in [0.15, 0.2) is 85.3 Å². The fraction of sp³-hybridized carbons (Fsp3) is 0. The number of nitrogens with zero attached hydrogens (tertiary/aromatic N) is 3. The molecule has 0 N–H and O–H groups in total. The molecule has 5 rings (SSSR count). The van der Waals surface area contributed by atoms with Crippen molar-refractivity contribution in [3.8, 4) is 22.4 Å². The van der Waals surface area contributed by atoms with Crippen LogP contribution in [-0.4, -0.2) is 9.97 Å². The highest BCUT2D eigenvalue weighted by Gasteiger charge is 2.15. The van der Waals surface area contributed by atoms with Crippen LogP contribution in [0.25, 0.3) is 44.2 Å². The first kappa shape index (κ1) is 16.3. The number of rotatable bonds is 2. The van der Waals surface area contributed by atoms with Gasteiger partial charge in [-0.1, -0.05) is 24.3 Å². The van der Waals surface area contributed by atoms with Crippen molar-refractivity contribution >= 4 is 21.8 Å². The maximum atomic E-state index is 14.4. The lowest BCUT2D eigenvalue weighted by atomic mass is 9.95. The van der Waals surface area contributed by atoms with Gasteiger partial charge in [0.05, 0.1) is 5.69 Å². The fourth-order valence-corrected chi connectivity index (χ4v) is 3.53. The predicted molar refractivity (Wildman–Crippen MR) is 107 cm³/mol. The van der Waals surface area contributed by atoms with Gasteiger partial charge < -0.3 is 5.21 Å². The van der Waals surface area contributed by atoms with Crippen LogP contribution in [0.5, 0.6) is 0 Å². The maximum Gasteiger partial charge on any atom is 0.188 e. The van der Waals surface area contributed by atoms with Crippen molar-refractivity contribution in [2.45, 2.75) is 0 Å². The van der Waals surface area contributed by atoms with E-state index in [0.29, 0.717) is 16.9 Å². The standard InChI is InChI=1S/C23H14FN3O/c24-21-9-2-1-6-19(21)22-13-20(18-8-4-11-25-23(18)26-22)17-7-3-5-15-14-27(28)12-10-16(15)17/h1-14H. The topological polar surface area (TPSA) is 52.7 Å². The third-order valence-corrected chi connectivity index (χ3v) is 4.82. The van der Waals surface area contributed by atoms with Crippen LogP contribution in [-0.2, 0) is 0 Å². The second-order valence-corrected chi connectivity index (χ2v) is 6.52. The molecule has 0 unspecified atom stereocenters. The molecule has 0 atom stereocenters. The van der Waals surface area contributed by atoms with E-state index in [1.165, 1.54) is 18.5 Å². The number of halogens is 1. The van der Waals surface area contributed by atoms with Crippen molar-refractivity contribution in [3.63, 3.8) is 0 Å². The molecule has 4 nitrogen and oxygen atoms in total. The molecule has 5 aromatic rings. The van der Waals surface area contributed by atoms with E-state index in [9.17, 15) is 9.60 Å². The summed E-state index contributed by atoms with van der Waals surface area (Å²) in [5.74, 6) is -0.332. The van der Waals surface area contributed by atoms with Gasteiger partial charge in [0.2, 0.25) is 0 Å². The van der Waals surface area contributed by atoms with Gasteiger partial charge in [-0.3, -0.25) is 0 Å². The van der Waals surface area contributed by atoms with Gasteiger partial charge in [-0.25, -0.2) is 14.4 Å². The van der Waals surface area contributed by atoms with Crippen LogP contribution in [0, 0.1) is 11.0 Å². The monoisotopic (exact) mass is 367 g/mol. The normalized spacial score (nSPS) is 11.2. The molecular formula is C23H14FN3O. The van der Waals surface area contributed by atoms with E-state index in [0.717, 1.165) is 32.0 Å². The summed E-state index contributed by atoms with van der Waals surface area (Å²) in [6.45, 7) is 0. The van der Waals surface area contributed by atoms with Crippen molar-refractivity contribution in [2.75, 3.05) is 0 Å². The minimum atomic E-state index is -0.332. The summed E-state index contributed by atoms with van der Waals surface area (Å²) in [5.41, 5.74) is 3.33.